The predicted octanol–water partition coefficient (Wildman–Crippen LogP) is 1.97. The van der Waals surface area contributed by atoms with Crippen LogP contribution in [0.2, 0.25) is 0 Å². The Bertz CT molecular complexity index is 623. The average Bonchev–Trinajstić information content (AvgIpc) is 2.64. The van der Waals surface area contributed by atoms with Crippen LogP contribution in [0.4, 0.5) is 0 Å². The van der Waals surface area contributed by atoms with E-state index in [1.165, 1.54) is 0 Å². The van der Waals surface area contributed by atoms with Crippen molar-refractivity contribution in [1.82, 2.24) is 15.5 Å². The number of aliphatic imine (C=N–C) groups is 1. The summed E-state index contributed by atoms with van der Waals surface area (Å²) < 4.78 is 5.89. The van der Waals surface area contributed by atoms with Crippen molar-refractivity contribution in [2.45, 2.75) is 33.4 Å². The molecule has 2 rings (SSSR count). The maximum atomic E-state index is 9.00. The minimum absolute atomic E-state index is 0.174. The zero-order chi connectivity index (χ0) is 18.8. The van der Waals surface area contributed by atoms with Gasteiger partial charge in [-0.1, -0.05) is 26.0 Å². The minimum atomic E-state index is 0.174. The van der Waals surface area contributed by atoms with E-state index in [1.54, 1.807) is 6.07 Å². The summed E-state index contributed by atoms with van der Waals surface area (Å²) in [5, 5.41) is 15.7. The van der Waals surface area contributed by atoms with E-state index in [9.17, 15) is 0 Å². The SMILES string of the molecule is CCNC(=NCc1cccc(C#N)c1)NCC1CN(CC(C)C)CCO1. The van der Waals surface area contributed by atoms with Crippen LogP contribution in [0.25, 0.3) is 0 Å². The van der Waals surface area contributed by atoms with Crippen molar-refractivity contribution in [2.75, 3.05) is 39.3 Å². The highest BCUT2D eigenvalue weighted by atomic mass is 16.5. The molecule has 0 bridgehead atoms. The molecule has 1 aromatic rings. The predicted molar refractivity (Wildman–Crippen MR) is 105 cm³/mol. The van der Waals surface area contributed by atoms with Gasteiger partial charge in [0.1, 0.15) is 0 Å². The highest BCUT2D eigenvalue weighted by Crippen LogP contribution is 2.08. The Morgan fingerprint density at radius 3 is 3.00 bits per heavy atom. The summed E-state index contributed by atoms with van der Waals surface area (Å²) in [6.45, 7) is 12.5. The van der Waals surface area contributed by atoms with Crippen LogP contribution in [0.15, 0.2) is 29.3 Å². The lowest BCUT2D eigenvalue weighted by Crippen LogP contribution is -2.50. The average molecular weight is 358 g/mol. The van der Waals surface area contributed by atoms with E-state index >= 15 is 0 Å². The van der Waals surface area contributed by atoms with E-state index in [-0.39, 0.29) is 6.10 Å². The molecule has 6 heteroatoms. The lowest BCUT2D eigenvalue weighted by atomic mass is 10.1. The van der Waals surface area contributed by atoms with Gasteiger partial charge < -0.3 is 15.4 Å². The van der Waals surface area contributed by atoms with Gasteiger partial charge in [0, 0.05) is 32.7 Å². The molecular formula is C20H31N5O. The molecule has 1 aliphatic heterocycles. The molecule has 1 saturated heterocycles. The summed E-state index contributed by atoms with van der Waals surface area (Å²) in [5.41, 5.74) is 1.69. The van der Waals surface area contributed by atoms with Crippen molar-refractivity contribution < 1.29 is 4.74 Å². The molecule has 26 heavy (non-hydrogen) atoms. The zero-order valence-corrected chi connectivity index (χ0v) is 16.2. The third-order valence-electron chi connectivity index (χ3n) is 4.16. The number of guanidine groups is 1. The van der Waals surface area contributed by atoms with E-state index in [0.29, 0.717) is 18.0 Å². The first-order valence-corrected chi connectivity index (χ1v) is 9.46. The van der Waals surface area contributed by atoms with Crippen molar-refractivity contribution >= 4 is 5.96 Å². The summed E-state index contributed by atoms with van der Waals surface area (Å²) in [7, 11) is 0. The number of hydrogen-bond acceptors (Lipinski definition) is 4. The molecule has 0 aliphatic carbocycles. The van der Waals surface area contributed by atoms with Gasteiger partial charge in [0.15, 0.2) is 5.96 Å². The highest BCUT2D eigenvalue weighted by molar-refractivity contribution is 5.79. The Morgan fingerprint density at radius 1 is 1.42 bits per heavy atom. The van der Waals surface area contributed by atoms with Crippen LogP contribution in [-0.2, 0) is 11.3 Å². The van der Waals surface area contributed by atoms with Gasteiger partial charge in [0.05, 0.1) is 30.9 Å². The smallest absolute Gasteiger partial charge is 0.191 e. The Balaban J connectivity index is 1.87. The number of nitrogens with one attached hydrogen (secondary N) is 2. The standard InChI is InChI=1S/C20H31N5O/c1-4-22-20(23-12-18-7-5-6-17(10-18)11-21)24-13-19-15-25(8-9-26-19)14-16(2)3/h5-7,10,16,19H,4,8-9,12-15H2,1-3H3,(H2,22,23,24). The maximum absolute atomic E-state index is 9.00. The fourth-order valence-corrected chi connectivity index (χ4v) is 3.05. The van der Waals surface area contributed by atoms with E-state index in [4.69, 9.17) is 10.00 Å². The van der Waals surface area contributed by atoms with Crippen molar-refractivity contribution in [3.05, 3.63) is 35.4 Å². The first-order valence-electron chi connectivity index (χ1n) is 9.46. The molecule has 0 spiro atoms. The van der Waals surface area contributed by atoms with E-state index < -0.39 is 0 Å². The van der Waals surface area contributed by atoms with Crippen LogP contribution in [0.3, 0.4) is 0 Å². The van der Waals surface area contributed by atoms with Gasteiger partial charge in [-0.2, -0.15) is 5.26 Å². The minimum Gasteiger partial charge on any atom is -0.374 e. The van der Waals surface area contributed by atoms with Crippen molar-refractivity contribution in [1.29, 1.82) is 5.26 Å². The van der Waals surface area contributed by atoms with Gasteiger partial charge in [-0.05, 0) is 30.5 Å². The monoisotopic (exact) mass is 357 g/mol. The first kappa shape index (κ1) is 20.2. The summed E-state index contributed by atoms with van der Waals surface area (Å²) in [6.07, 6.45) is 0.174. The number of rotatable bonds is 7. The molecule has 0 saturated carbocycles. The summed E-state index contributed by atoms with van der Waals surface area (Å²) in [5.74, 6) is 1.45. The van der Waals surface area contributed by atoms with Crippen LogP contribution in [0.5, 0.6) is 0 Å². The zero-order valence-electron chi connectivity index (χ0n) is 16.2. The molecule has 0 aromatic heterocycles. The van der Waals surface area contributed by atoms with E-state index in [2.05, 4.69) is 47.4 Å². The summed E-state index contributed by atoms with van der Waals surface area (Å²) in [6, 6.07) is 9.73. The van der Waals surface area contributed by atoms with Crippen LogP contribution >= 0.6 is 0 Å². The van der Waals surface area contributed by atoms with Crippen LogP contribution in [0.1, 0.15) is 31.9 Å². The van der Waals surface area contributed by atoms with Gasteiger partial charge in [-0.15, -0.1) is 0 Å². The van der Waals surface area contributed by atoms with Gasteiger partial charge in [0.25, 0.3) is 0 Å². The molecule has 0 radical (unpaired) electrons. The second kappa shape index (κ2) is 10.8. The van der Waals surface area contributed by atoms with Gasteiger partial charge in [0.2, 0.25) is 0 Å². The maximum Gasteiger partial charge on any atom is 0.191 e. The lowest BCUT2D eigenvalue weighted by molar-refractivity contribution is -0.0284. The van der Waals surface area contributed by atoms with Crippen LogP contribution in [0, 0.1) is 17.2 Å². The molecule has 2 N–H and O–H groups in total. The Kier molecular flexibility index (Phi) is 8.39. The number of nitriles is 1. The number of hydrogen-bond donors (Lipinski definition) is 2. The fourth-order valence-electron chi connectivity index (χ4n) is 3.05. The molecule has 1 unspecified atom stereocenters. The van der Waals surface area contributed by atoms with Crippen molar-refractivity contribution in [2.24, 2.45) is 10.9 Å². The molecular weight excluding hydrogens is 326 g/mol. The molecule has 142 valence electrons. The fraction of sp³-hybridized carbons (Fsp3) is 0.600. The van der Waals surface area contributed by atoms with Gasteiger partial charge in [-0.25, -0.2) is 4.99 Å². The lowest BCUT2D eigenvalue weighted by Gasteiger charge is -2.34. The largest absolute Gasteiger partial charge is 0.374 e. The molecule has 0 amide bonds. The number of ether oxygens (including phenoxy) is 1. The molecule has 1 heterocycles. The van der Waals surface area contributed by atoms with Crippen molar-refractivity contribution in [3.8, 4) is 6.07 Å². The van der Waals surface area contributed by atoms with Crippen LogP contribution in [-0.4, -0.2) is 56.3 Å². The van der Waals surface area contributed by atoms with E-state index in [0.717, 1.165) is 50.9 Å². The first-order chi connectivity index (χ1) is 12.6. The number of nitrogens with zero attached hydrogens (tertiary/aromatic N) is 3. The van der Waals surface area contributed by atoms with Crippen molar-refractivity contribution in [3.63, 3.8) is 0 Å². The second-order valence-electron chi connectivity index (χ2n) is 7.03. The summed E-state index contributed by atoms with van der Waals surface area (Å²) >= 11 is 0. The highest BCUT2D eigenvalue weighted by Gasteiger charge is 2.21. The normalized spacial score (nSPS) is 18.6. The third kappa shape index (κ3) is 7.03. The Labute approximate surface area is 157 Å². The molecule has 6 nitrogen and oxygen atoms in total. The van der Waals surface area contributed by atoms with E-state index in [1.807, 2.05) is 18.2 Å². The third-order valence-corrected chi connectivity index (χ3v) is 4.16. The van der Waals surface area contributed by atoms with Gasteiger partial charge >= 0.3 is 0 Å². The number of morpholine rings is 1. The molecule has 1 aliphatic rings. The van der Waals surface area contributed by atoms with Gasteiger partial charge in [-0.3, -0.25) is 4.90 Å². The number of benzene rings is 1. The Hall–Kier alpha value is -2.10. The molecule has 1 aromatic carbocycles. The summed E-state index contributed by atoms with van der Waals surface area (Å²) in [4.78, 5) is 7.10. The van der Waals surface area contributed by atoms with Crippen LogP contribution < -0.4 is 10.6 Å². The topological polar surface area (TPSA) is 72.7 Å². The second-order valence-corrected chi connectivity index (χ2v) is 7.03. The quantitative estimate of drug-likeness (QED) is 0.577. The molecule has 1 atom stereocenters. The molecule has 1 fully saturated rings. The Morgan fingerprint density at radius 2 is 2.27 bits per heavy atom.